The molecule has 0 saturated heterocycles. The third-order valence-electron chi connectivity index (χ3n) is 3.28. The zero-order valence-electron chi connectivity index (χ0n) is 12.7. The minimum atomic E-state index is -1.78. The Morgan fingerprint density at radius 3 is 2.29 bits per heavy atom. The van der Waals surface area contributed by atoms with Crippen LogP contribution in [0.15, 0.2) is 48.5 Å². The third kappa shape index (κ3) is 4.35. The molecule has 0 aromatic heterocycles. The number of aryl methyl sites for hydroxylation is 3. The summed E-state index contributed by atoms with van der Waals surface area (Å²) >= 11 is 0. The largest absolute Gasteiger partial charge is 0.549 e. The van der Waals surface area contributed by atoms with Crippen LogP contribution in [-0.4, -0.2) is 6.61 Å². The number of benzene rings is 2. The molecule has 0 bridgehead atoms. The summed E-state index contributed by atoms with van der Waals surface area (Å²) in [5.74, 6) is 0. The van der Waals surface area contributed by atoms with Gasteiger partial charge in [0.15, 0.2) is 0 Å². The molecule has 2 aromatic carbocycles. The van der Waals surface area contributed by atoms with E-state index in [2.05, 4.69) is 32.9 Å². The van der Waals surface area contributed by atoms with E-state index < -0.39 is 8.03 Å². The Morgan fingerprint density at radius 2 is 1.67 bits per heavy atom. The first-order valence-corrected chi connectivity index (χ1v) is 8.15. The van der Waals surface area contributed by atoms with Crippen LogP contribution in [0, 0.1) is 20.8 Å². The SMILES string of the molecule is Cc1cc(C)c(C=CCO[P+](=O)c2ccccc2)c(C)c1. The van der Waals surface area contributed by atoms with Gasteiger partial charge in [-0.1, -0.05) is 48.0 Å². The van der Waals surface area contributed by atoms with Crippen molar-refractivity contribution in [2.75, 3.05) is 6.61 Å². The predicted molar refractivity (Wildman–Crippen MR) is 89.3 cm³/mol. The second kappa shape index (κ2) is 7.31. The van der Waals surface area contributed by atoms with Crippen LogP contribution < -0.4 is 5.30 Å². The molecule has 0 N–H and O–H groups in total. The van der Waals surface area contributed by atoms with Gasteiger partial charge in [0, 0.05) is 0 Å². The van der Waals surface area contributed by atoms with Crippen molar-refractivity contribution in [2.45, 2.75) is 20.8 Å². The van der Waals surface area contributed by atoms with Crippen LogP contribution in [0.2, 0.25) is 0 Å². The molecule has 2 rings (SSSR count). The molecule has 0 aliphatic carbocycles. The highest BCUT2D eigenvalue weighted by atomic mass is 31.1. The van der Waals surface area contributed by atoms with Crippen molar-refractivity contribution in [3.05, 3.63) is 70.8 Å². The van der Waals surface area contributed by atoms with Crippen LogP contribution >= 0.6 is 8.03 Å². The summed E-state index contributed by atoms with van der Waals surface area (Å²) in [6.45, 7) is 6.65. The van der Waals surface area contributed by atoms with Crippen molar-refractivity contribution in [3.63, 3.8) is 0 Å². The Balaban J connectivity index is 1.96. The first-order valence-electron chi connectivity index (χ1n) is 6.97. The molecule has 3 heteroatoms. The van der Waals surface area contributed by atoms with E-state index >= 15 is 0 Å². The molecule has 0 fully saturated rings. The van der Waals surface area contributed by atoms with E-state index in [-0.39, 0.29) is 0 Å². The maximum atomic E-state index is 11.9. The Kier molecular flexibility index (Phi) is 5.44. The van der Waals surface area contributed by atoms with Crippen LogP contribution in [0.5, 0.6) is 0 Å². The molecule has 0 aliphatic rings. The molecular weight excluding hydrogens is 279 g/mol. The molecule has 2 nitrogen and oxygen atoms in total. The van der Waals surface area contributed by atoms with E-state index in [9.17, 15) is 4.57 Å². The molecule has 0 heterocycles. The van der Waals surface area contributed by atoms with E-state index in [1.165, 1.54) is 22.3 Å². The molecule has 0 spiro atoms. The number of hydrogen-bond donors (Lipinski definition) is 0. The van der Waals surface area contributed by atoms with Gasteiger partial charge in [-0.2, -0.15) is 0 Å². The maximum absolute atomic E-state index is 11.9. The molecule has 1 atom stereocenters. The quantitative estimate of drug-likeness (QED) is 0.747. The van der Waals surface area contributed by atoms with Crippen molar-refractivity contribution >= 4 is 19.4 Å². The summed E-state index contributed by atoms with van der Waals surface area (Å²) in [5.41, 5.74) is 4.97. The molecule has 0 amide bonds. The van der Waals surface area contributed by atoms with Crippen LogP contribution in [0.25, 0.3) is 6.08 Å². The fraction of sp³-hybridized carbons (Fsp3) is 0.222. The van der Waals surface area contributed by atoms with Crippen molar-refractivity contribution in [2.24, 2.45) is 0 Å². The lowest BCUT2D eigenvalue weighted by Crippen LogP contribution is -1.96. The van der Waals surface area contributed by atoms with Crippen molar-refractivity contribution in [3.8, 4) is 0 Å². The predicted octanol–water partition coefficient (Wildman–Crippen LogP) is 4.71. The number of rotatable bonds is 5. The topological polar surface area (TPSA) is 26.3 Å². The van der Waals surface area contributed by atoms with E-state index in [0.29, 0.717) is 6.61 Å². The van der Waals surface area contributed by atoms with Gasteiger partial charge in [-0.25, -0.2) is 0 Å². The zero-order valence-corrected chi connectivity index (χ0v) is 13.6. The normalized spacial score (nSPS) is 11.9. The molecule has 2 aromatic rings. The standard InChI is InChI=1S/C18H20O2P/c1-14-12-15(2)18(16(3)13-14)10-7-11-20-21(19)17-8-5-4-6-9-17/h4-10,12-13H,11H2,1-3H3/q+1. The van der Waals surface area contributed by atoms with Crippen molar-refractivity contribution in [1.29, 1.82) is 0 Å². The maximum Gasteiger partial charge on any atom is 0.549 e. The fourth-order valence-corrected chi connectivity index (χ4v) is 3.14. The minimum Gasteiger partial charge on any atom is -0.138 e. The smallest absolute Gasteiger partial charge is 0.138 e. The molecule has 21 heavy (non-hydrogen) atoms. The van der Waals surface area contributed by atoms with E-state index in [1.54, 1.807) is 0 Å². The lowest BCUT2D eigenvalue weighted by atomic mass is 9.99. The molecule has 108 valence electrons. The summed E-state index contributed by atoms with van der Waals surface area (Å²) < 4.78 is 17.3. The van der Waals surface area contributed by atoms with Gasteiger partial charge in [-0.3, -0.25) is 0 Å². The molecule has 1 unspecified atom stereocenters. The highest BCUT2D eigenvalue weighted by molar-refractivity contribution is 7.48. The van der Waals surface area contributed by atoms with Gasteiger partial charge >= 0.3 is 8.03 Å². The molecule has 0 radical (unpaired) electrons. The van der Waals surface area contributed by atoms with Gasteiger partial charge in [-0.15, -0.1) is 4.52 Å². The van der Waals surface area contributed by atoms with Gasteiger partial charge in [0.2, 0.25) is 5.30 Å². The van der Waals surface area contributed by atoms with Crippen LogP contribution in [-0.2, 0) is 9.09 Å². The number of hydrogen-bond acceptors (Lipinski definition) is 2. The summed E-state index contributed by atoms with van der Waals surface area (Å²) in [5, 5.41) is 0.726. The van der Waals surface area contributed by atoms with Crippen LogP contribution in [0.1, 0.15) is 22.3 Å². The van der Waals surface area contributed by atoms with Gasteiger partial charge < -0.3 is 0 Å². The molecule has 0 saturated carbocycles. The first kappa shape index (κ1) is 15.6. The third-order valence-corrected chi connectivity index (χ3v) is 4.38. The Morgan fingerprint density at radius 1 is 1.05 bits per heavy atom. The van der Waals surface area contributed by atoms with E-state index in [4.69, 9.17) is 4.52 Å². The average Bonchev–Trinajstić information content (AvgIpc) is 2.46. The van der Waals surface area contributed by atoms with E-state index in [1.807, 2.05) is 42.5 Å². The second-order valence-corrected chi connectivity index (χ2v) is 6.39. The Bertz CT molecular complexity index is 637. The van der Waals surface area contributed by atoms with Gasteiger partial charge in [-0.05, 0) is 54.2 Å². The van der Waals surface area contributed by atoms with Crippen LogP contribution in [0.4, 0.5) is 0 Å². The second-order valence-electron chi connectivity index (χ2n) is 5.10. The van der Waals surface area contributed by atoms with Gasteiger partial charge in [0.05, 0.1) is 0 Å². The van der Waals surface area contributed by atoms with Gasteiger partial charge in [0.25, 0.3) is 0 Å². The van der Waals surface area contributed by atoms with Crippen molar-refractivity contribution in [1.82, 2.24) is 0 Å². The Hall–Kier alpha value is -1.76. The monoisotopic (exact) mass is 299 g/mol. The fourth-order valence-electron chi connectivity index (χ4n) is 2.36. The Labute approximate surface area is 127 Å². The van der Waals surface area contributed by atoms with Crippen LogP contribution in [0.3, 0.4) is 0 Å². The average molecular weight is 299 g/mol. The van der Waals surface area contributed by atoms with Crippen molar-refractivity contribution < 1.29 is 9.09 Å². The van der Waals surface area contributed by atoms with E-state index in [0.717, 1.165) is 5.30 Å². The first-order chi connectivity index (χ1) is 10.1. The lowest BCUT2D eigenvalue weighted by molar-refractivity contribution is 0.379. The molecular formula is C18H20O2P+. The summed E-state index contributed by atoms with van der Waals surface area (Å²) in [6, 6.07) is 13.6. The summed E-state index contributed by atoms with van der Waals surface area (Å²) in [6.07, 6.45) is 3.96. The highest BCUT2D eigenvalue weighted by Crippen LogP contribution is 2.22. The molecule has 0 aliphatic heterocycles. The van der Waals surface area contributed by atoms with Gasteiger partial charge in [0.1, 0.15) is 6.61 Å². The highest BCUT2D eigenvalue weighted by Gasteiger charge is 2.20. The summed E-state index contributed by atoms with van der Waals surface area (Å²) in [4.78, 5) is 0. The zero-order chi connectivity index (χ0) is 15.2. The minimum absolute atomic E-state index is 0.344. The summed E-state index contributed by atoms with van der Waals surface area (Å²) in [7, 11) is -1.78. The lowest BCUT2D eigenvalue weighted by Gasteiger charge is -2.06.